The number of hydrogen-bond donors (Lipinski definition) is 0. The molecule has 2 fully saturated rings. The fraction of sp³-hybridized carbons (Fsp3) is 0.706. The largest absolute Gasteiger partial charge is 0.377 e. The highest BCUT2D eigenvalue weighted by molar-refractivity contribution is 5.10. The summed E-state index contributed by atoms with van der Waals surface area (Å²) in [6, 6.07) is 4.17. The van der Waals surface area contributed by atoms with Crippen LogP contribution in [0.3, 0.4) is 0 Å². The summed E-state index contributed by atoms with van der Waals surface area (Å²) in [6.45, 7) is 6.31. The number of pyridine rings is 1. The van der Waals surface area contributed by atoms with Crippen LogP contribution in [0.15, 0.2) is 24.5 Å². The average molecular weight is 305 g/mol. The molecule has 2 atom stereocenters. The van der Waals surface area contributed by atoms with Crippen molar-refractivity contribution in [3.63, 3.8) is 0 Å². The van der Waals surface area contributed by atoms with Gasteiger partial charge in [-0.05, 0) is 44.1 Å². The molecule has 0 radical (unpaired) electrons. The molecule has 0 saturated carbocycles. The van der Waals surface area contributed by atoms with Crippen molar-refractivity contribution >= 4 is 0 Å². The minimum atomic E-state index is -0.121. The van der Waals surface area contributed by atoms with Crippen LogP contribution in [0.2, 0.25) is 0 Å². The van der Waals surface area contributed by atoms with Gasteiger partial charge in [-0.15, -0.1) is 0 Å². The Balaban J connectivity index is 1.63. The SMILES string of the molecule is CN(C)C[C@H]1CO[C@@]2(COCCN(Cc3ccncc3)C2)C1. The van der Waals surface area contributed by atoms with Crippen molar-refractivity contribution in [2.45, 2.75) is 18.6 Å². The van der Waals surface area contributed by atoms with Gasteiger partial charge >= 0.3 is 0 Å². The lowest BCUT2D eigenvalue weighted by Crippen LogP contribution is -2.44. The molecule has 3 rings (SSSR count). The molecule has 1 spiro atoms. The lowest BCUT2D eigenvalue weighted by atomic mass is 9.94. The van der Waals surface area contributed by atoms with Gasteiger partial charge in [-0.25, -0.2) is 0 Å². The van der Waals surface area contributed by atoms with E-state index in [9.17, 15) is 0 Å². The zero-order chi connectivity index (χ0) is 15.4. The van der Waals surface area contributed by atoms with Gasteiger partial charge in [0.2, 0.25) is 0 Å². The molecule has 122 valence electrons. The van der Waals surface area contributed by atoms with Crippen molar-refractivity contribution in [2.75, 3.05) is 53.6 Å². The van der Waals surface area contributed by atoms with Crippen molar-refractivity contribution in [1.29, 1.82) is 0 Å². The lowest BCUT2D eigenvalue weighted by molar-refractivity contribution is -0.0563. The second-order valence-corrected chi connectivity index (χ2v) is 6.95. The fourth-order valence-electron chi connectivity index (χ4n) is 3.65. The Hall–Kier alpha value is -1.01. The van der Waals surface area contributed by atoms with E-state index in [4.69, 9.17) is 9.47 Å². The van der Waals surface area contributed by atoms with Crippen molar-refractivity contribution < 1.29 is 9.47 Å². The third kappa shape index (κ3) is 4.04. The van der Waals surface area contributed by atoms with Crippen molar-refractivity contribution in [2.24, 2.45) is 5.92 Å². The predicted octanol–water partition coefficient (Wildman–Crippen LogP) is 1.25. The summed E-state index contributed by atoms with van der Waals surface area (Å²) in [6.07, 6.45) is 4.81. The van der Waals surface area contributed by atoms with Crippen LogP contribution in [-0.4, -0.2) is 73.9 Å². The lowest BCUT2D eigenvalue weighted by Gasteiger charge is -2.31. The standard InChI is InChI=1S/C17H27N3O2/c1-19(2)10-16-9-17(22-12-16)13-20(7-8-21-14-17)11-15-3-5-18-6-4-15/h3-6,16H,7-14H2,1-2H3/t16-,17-/m0/s1. The number of hydrogen-bond acceptors (Lipinski definition) is 5. The van der Waals surface area contributed by atoms with Gasteiger partial charge < -0.3 is 14.4 Å². The summed E-state index contributed by atoms with van der Waals surface area (Å²) in [7, 11) is 4.26. The predicted molar refractivity (Wildman–Crippen MR) is 85.7 cm³/mol. The van der Waals surface area contributed by atoms with Crippen LogP contribution in [0.1, 0.15) is 12.0 Å². The van der Waals surface area contributed by atoms with Crippen LogP contribution < -0.4 is 0 Å². The third-order valence-electron chi connectivity index (χ3n) is 4.49. The molecule has 5 heteroatoms. The number of aromatic nitrogens is 1. The van der Waals surface area contributed by atoms with Gasteiger partial charge in [0.05, 0.1) is 19.8 Å². The molecule has 0 amide bonds. The van der Waals surface area contributed by atoms with E-state index in [2.05, 4.69) is 41.0 Å². The molecule has 2 aliphatic rings. The molecular weight excluding hydrogens is 278 g/mol. The molecule has 0 aromatic carbocycles. The van der Waals surface area contributed by atoms with Gasteiger partial charge in [0.25, 0.3) is 0 Å². The van der Waals surface area contributed by atoms with Crippen LogP contribution in [0, 0.1) is 5.92 Å². The second kappa shape index (κ2) is 7.04. The Kier molecular flexibility index (Phi) is 5.08. The zero-order valence-corrected chi connectivity index (χ0v) is 13.7. The van der Waals surface area contributed by atoms with Crippen LogP contribution in [0.5, 0.6) is 0 Å². The monoisotopic (exact) mass is 305 g/mol. The van der Waals surface area contributed by atoms with E-state index in [1.807, 2.05) is 12.4 Å². The first-order valence-electron chi connectivity index (χ1n) is 8.13. The Morgan fingerprint density at radius 1 is 1.36 bits per heavy atom. The molecule has 0 bridgehead atoms. The van der Waals surface area contributed by atoms with E-state index < -0.39 is 0 Å². The maximum atomic E-state index is 6.24. The summed E-state index contributed by atoms with van der Waals surface area (Å²) in [5, 5.41) is 0. The van der Waals surface area contributed by atoms with E-state index in [1.165, 1.54) is 5.56 Å². The topological polar surface area (TPSA) is 37.8 Å². The van der Waals surface area contributed by atoms with Crippen LogP contribution in [0.4, 0.5) is 0 Å². The molecule has 5 nitrogen and oxygen atoms in total. The van der Waals surface area contributed by atoms with Gasteiger partial charge in [0, 0.05) is 38.6 Å². The maximum absolute atomic E-state index is 6.24. The van der Waals surface area contributed by atoms with Gasteiger partial charge in [-0.2, -0.15) is 0 Å². The zero-order valence-electron chi connectivity index (χ0n) is 13.7. The summed E-state index contributed by atoms with van der Waals surface area (Å²) >= 11 is 0. The molecule has 0 unspecified atom stereocenters. The molecule has 2 saturated heterocycles. The minimum absolute atomic E-state index is 0.121. The maximum Gasteiger partial charge on any atom is 0.104 e. The third-order valence-corrected chi connectivity index (χ3v) is 4.49. The first kappa shape index (κ1) is 15.9. The Bertz CT molecular complexity index is 468. The van der Waals surface area contributed by atoms with E-state index >= 15 is 0 Å². The normalized spacial score (nSPS) is 30.0. The molecule has 1 aromatic heterocycles. The Morgan fingerprint density at radius 3 is 2.95 bits per heavy atom. The summed E-state index contributed by atoms with van der Waals surface area (Å²) in [5.41, 5.74) is 1.18. The fourth-order valence-corrected chi connectivity index (χ4v) is 3.65. The number of ether oxygens (including phenoxy) is 2. The molecule has 0 aliphatic carbocycles. The molecule has 3 heterocycles. The first-order valence-corrected chi connectivity index (χ1v) is 8.13. The number of nitrogens with zero attached hydrogens (tertiary/aromatic N) is 3. The van der Waals surface area contributed by atoms with Crippen molar-refractivity contribution in [3.05, 3.63) is 30.1 Å². The van der Waals surface area contributed by atoms with Gasteiger partial charge in [0.1, 0.15) is 5.60 Å². The summed E-state index contributed by atoms with van der Waals surface area (Å²) in [5.74, 6) is 0.611. The molecule has 0 N–H and O–H groups in total. The van der Waals surface area contributed by atoms with Gasteiger partial charge in [-0.3, -0.25) is 9.88 Å². The van der Waals surface area contributed by atoms with Gasteiger partial charge in [0.15, 0.2) is 0 Å². The van der Waals surface area contributed by atoms with E-state index in [0.29, 0.717) is 5.92 Å². The van der Waals surface area contributed by atoms with Crippen molar-refractivity contribution in [1.82, 2.24) is 14.8 Å². The van der Waals surface area contributed by atoms with E-state index in [-0.39, 0.29) is 5.60 Å². The highest BCUT2D eigenvalue weighted by atomic mass is 16.5. The molecule has 1 aromatic rings. The van der Waals surface area contributed by atoms with Crippen LogP contribution >= 0.6 is 0 Å². The van der Waals surface area contributed by atoms with Crippen molar-refractivity contribution in [3.8, 4) is 0 Å². The number of rotatable bonds is 4. The smallest absolute Gasteiger partial charge is 0.104 e. The quantitative estimate of drug-likeness (QED) is 0.837. The minimum Gasteiger partial charge on any atom is -0.377 e. The second-order valence-electron chi connectivity index (χ2n) is 6.95. The summed E-state index contributed by atoms with van der Waals surface area (Å²) in [4.78, 5) is 8.80. The van der Waals surface area contributed by atoms with Crippen LogP contribution in [-0.2, 0) is 16.0 Å². The van der Waals surface area contributed by atoms with Gasteiger partial charge in [-0.1, -0.05) is 0 Å². The molecule has 22 heavy (non-hydrogen) atoms. The highest BCUT2D eigenvalue weighted by Crippen LogP contribution is 2.33. The van der Waals surface area contributed by atoms with E-state index in [0.717, 1.165) is 52.4 Å². The molecule has 2 aliphatic heterocycles. The Morgan fingerprint density at radius 2 is 2.18 bits per heavy atom. The average Bonchev–Trinajstić information content (AvgIpc) is 2.75. The first-order chi connectivity index (χ1) is 10.7. The highest BCUT2D eigenvalue weighted by Gasteiger charge is 2.43. The van der Waals surface area contributed by atoms with Crippen LogP contribution in [0.25, 0.3) is 0 Å². The van der Waals surface area contributed by atoms with E-state index in [1.54, 1.807) is 0 Å². The summed E-state index contributed by atoms with van der Waals surface area (Å²) < 4.78 is 12.1. The molecular formula is C17H27N3O2. The Labute approximate surface area is 133 Å².